The van der Waals surface area contributed by atoms with E-state index in [4.69, 9.17) is 14.2 Å². The highest BCUT2D eigenvalue weighted by molar-refractivity contribution is 7.20. The van der Waals surface area contributed by atoms with Gasteiger partial charge in [-0.05, 0) is 42.7 Å². The zero-order valence-corrected chi connectivity index (χ0v) is 21.9. The lowest BCUT2D eigenvalue weighted by atomic mass is 9.81. The number of allylic oxidation sites excluding steroid dienone is 2. The van der Waals surface area contributed by atoms with Crippen LogP contribution in [0.1, 0.15) is 40.6 Å². The van der Waals surface area contributed by atoms with Crippen LogP contribution in [-0.4, -0.2) is 54.1 Å². The molecular weight excluding hydrogens is 520 g/mol. The molecule has 5 rings (SSSR count). The van der Waals surface area contributed by atoms with Gasteiger partial charge in [0.15, 0.2) is 5.78 Å². The molecule has 0 unspecified atom stereocenters. The highest BCUT2D eigenvalue weighted by Gasteiger charge is 2.58. The standard InChI is InChI=1S/C29H24N2O7S/c1-4-10-36-28(34)25-18(13-20-23(27(33)31(20)25)15(3)38-29(35)37-11-5-2)17-7-8-21(32)24-19-12-16(14-30)6-9-22(19)39-26(17)24/h4-7,9,12,15,20,23H,1-2,8,10-11,13H2,3H3/t15-,20-,23-/m1/s1. The second-order valence-electron chi connectivity index (χ2n) is 9.27. The molecule has 9 nitrogen and oxygen atoms in total. The highest BCUT2D eigenvalue weighted by atomic mass is 32.1. The third kappa shape index (κ3) is 4.34. The summed E-state index contributed by atoms with van der Waals surface area (Å²) < 4.78 is 16.4. The number of hydrogen-bond acceptors (Lipinski definition) is 9. The average Bonchev–Trinajstić information content (AvgIpc) is 3.47. The molecule has 1 aliphatic carbocycles. The number of ether oxygens (including phenoxy) is 3. The number of nitriles is 1. The maximum Gasteiger partial charge on any atom is 0.508 e. The lowest BCUT2D eigenvalue weighted by molar-refractivity contribution is -0.162. The smallest absolute Gasteiger partial charge is 0.457 e. The predicted molar refractivity (Wildman–Crippen MR) is 142 cm³/mol. The molecule has 0 spiro atoms. The second-order valence-corrected chi connectivity index (χ2v) is 10.3. The normalized spacial score (nSPS) is 20.3. The van der Waals surface area contributed by atoms with Gasteiger partial charge >= 0.3 is 12.1 Å². The van der Waals surface area contributed by atoms with Crippen molar-refractivity contribution in [1.29, 1.82) is 5.26 Å². The summed E-state index contributed by atoms with van der Waals surface area (Å²) in [5.74, 6) is -1.81. The van der Waals surface area contributed by atoms with Crippen molar-refractivity contribution in [2.45, 2.75) is 31.9 Å². The van der Waals surface area contributed by atoms with Gasteiger partial charge in [0.1, 0.15) is 25.0 Å². The summed E-state index contributed by atoms with van der Waals surface area (Å²) in [5.41, 5.74) is 2.35. The van der Waals surface area contributed by atoms with Gasteiger partial charge < -0.3 is 19.1 Å². The number of thiophene rings is 1. The topological polar surface area (TPSA) is 123 Å². The molecule has 1 fully saturated rings. The molecule has 2 aliphatic heterocycles. The van der Waals surface area contributed by atoms with Crippen LogP contribution < -0.4 is 0 Å². The van der Waals surface area contributed by atoms with Crippen LogP contribution in [0.5, 0.6) is 0 Å². The highest BCUT2D eigenvalue weighted by Crippen LogP contribution is 2.51. The Kier molecular flexibility index (Phi) is 6.93. The van der Waals surface area contributed by atoms with Gasteiger partial charge in [0.25, 0.3) is 0 Å². The molecule has 10 heteroatoms. The first-order valence-corrected chi connectivity index (χ1v) is 13.1. The van der Waals surface area contributed by atoms with Crippen LogP contribution in [0, 0.1) is 17.2 Å². The number of carbonyl (C=O) groups excluding carboxylic acids is 4. The Bertz CT molecular complexity index is 1560. The summed E-state index contributed by atoms with van der Waals surface area (Å²) in [5, 5.41) is 10.1. The van der Waals surface area contributed by atoms with Gasteiger partial charge in [-0.3, -0.25) is 9.59 Å². The summed E-state index contributed by atoms with van der Waals surface area (Å²) in [6, 6.07) is 6.87. The molecule has 1 saturated heterocycles. The third-order valence-electron chi connectivity index (χ3n) is 7.00. The van der Waals surface area contributed by atoms with E-state index in [1.807, 2.05) is 0 Å². The number of amides is 1. The molecule has 0 N–H and O–H groups in total. The molecule has 3 atom stereocenters. The van der Waals surface area contributed by atoms with E-state index in [-0.39, 0.29) is 37.0 Å². The number of β-lactam (4-membered cyclic amide) rings is 1. The van der Waals surface area contributed by atoms with Crippen LogP contribution in [-0.2, 0) is 23.8 Å². The van der Waals surface area contributed by atoms with Crippen molar-refractivity contribution < 1.29 is 33.4 Å². The number of ketones is 1. The van der Waals surface area contributed by atoms with Crippen molar-refractivity contribution >= 4 is 50.8 Å². The molecule has 1 aromatic carbocycles. The Morgan fingerprint density at radius 1 is 1.23 bits per heavy atom. The minimum Gasteiger partial charge on any atom is -0.457 e. The van der Waals surface area contributed by atoms with E-state index >= 15 is 0 Å². The second kappa shape index (κ2) is 10.3. The molecular formula is C29H24N2O7S. The largest absolute Gasteiger partial charge is 0.508 e. The summed E-state index contributed by atoms with van der Waals surface area (Å²) in [6.45, 7) is 8.61. The molecule has 3 aliphatic rings. The Hall–Kier alpha value is -4.49. The minimum atomic E-state index is -0.911. The summed E-state index contributed by atoms with van der Waals surface area (Å²) >= 11 is 1.40. The first kappa shape index (κ1) is 26.1. The Morgan fingerprint density at radius 3 is 2.69 bits per heavy atom. The Labute approximate surface area is 228 Å². The van der Waals surface area contributed by atoms with Gasteiger partial charge in [0, 0.05) is 26.9 Å². The number of rotatable bonds is 8. The van der Waals surface area contributed by atoms with Crippen LogP contribution in [0.25, 0.3) is 15.7 Å². The summed E-state index contributed by atoms with van der Waals surface area (Å²) in [7, 11) is 0. The zero-order chi connectivity index (χ0) is 27.8. The van der Waals surface area contributed by atoms with Crippen molar-refractivity contribution in [2.75, 3.05) is 13.2 Å². The maximum absolute atomic E-state index is 13.3. The molecule has 0 saturated carbocycles. The molecule has 1 aromatic heterocycles. The lowest BCUT2D eigenvalue weighted by Crippen LogP contribution is -2.62. The lowest BCUT2D eigenvalue weighted by Gasteiger charge is -2.45. The van der Waals surface area contributed by atoms with Gasteiger partial charge in [-0.1, -0.05) is 31.4 Å². The van der Waals surface area contributed by atoms with E-state index in [0.717, 1.165) is 4.70 Å². The number of fused-ring (bicyclic) bond motifs is 4. The molecule has 3 heterocycles. The minimum absolute atomic E-state index is 0.0229. The Balaban J connectivity index is 1.53. The van der Waals surface area contributed by atoms with Gasteiger partial charge in [0.05, 0.1) is 23.6 Å². The molecule has 0 bridgehead atoms. The number of hydrogen-bond donors (Lipinski definition) is 0. The maximum atomic E-state index is 13.3. The SMILES string of the molecule is C=CCOC(=O)O[C@H](C)[C@H]1C(=O)N2C(C(=O)OCC=C)=C(C3=CCC(=O)c4c3sc3ccc(C#N)cc43)C[C@H]12. The van der Waals surface area contributed by atoms with Crippen LogP contribution in [0.3, 0.4) is 0 Å². The van der Waals surface area contributed by atoms with Crippen LogP contribution in [0.4, 0.5) is 4.79 Å². The number of Topliss-reactive ketones (excluding diaryl/α,β-unsaturated/α-hetero) is 1. The van der Waals surface area contributed by atoms with Gasteiger partial charge in [-0.2, -0.15) is 5.26 Å². The summed E-state index contributed by atoms with van der Waals surface area (Å²) in [6.07, 6.45) is 3.33. The fraction of sp³-hybridized carbons (Fsp3) is 0.276. The number of nitrogens with zero attached hydrogens (tertiary/aromatic N) is 2. The third-order valence-corrected chi connectivity index (χ3v) is 8.20. The van der Waals surface area contributed by atoms with E-state index in [9.17, 15) is 24.4 Å². The van der Waals surface area contributed by atoms with Crippen molar-refractivity contribution in [3.05, 3.63) is 76.9 Å². The van der Waals surface area contributed by atoms with E-state index in [0.29, 0.717) is 39.0 Å². The van der Waals surface area contributed by atoms with Gasteiger partial charge in [0.2, 0.25) is 5.91 Å². The number of benzene rings is 1. The van der Waals surface area contributed by atoms with Crippen LogP contribution in [0.2, 0.25) is 0 Å². The van der Waals surface area contributed by atoms with Crippen LogP contribution in [0.15, 0.2) is 60.9 Å². The summed E-state index contributed by atoms with van der Waals surface area (Å²) in [4.78, 5) is 53.6. The molecule has 1 amide bonds. The number of esters is 1. The first-order valence-electron chi connectivity index (χ1n) is 12.3. The molecule has 2 aromatic rings. The van der Waals surface area contributed by atoms with E-state index in [1.54, 1.807) is 31.2 Å². The predicted octanol–water partition coefficient (Wildman–Crippen LogP) is 4.68. The van der Waals surface area contributed by atoms with Crippen molar-refractivity contribution in [3.8, 4) is 6.07 Å². The fourth-order valence-electron chi connectivity index (χ4n) is 5.36. The monoisotopic (exact) mass is 544 g/mol. The molecule has 39 heavy (non-hydrogen) atoms. The Morgan fingerprint density at radius 2 is 1.97 bits per heavy atom. The average molecular weight is 545 g/mol. The van der Waals surface area contributed by atoms with Crippen molar-refractivity contribution in [1.82, 2.24) is 4.90 Å². The van der Waals surface area contributed by atoms with E-state index < -0.39 is 30.2 Å². The van der Waals surface area contributed by atoms with Crippen molar-refractivity contribution in [2.24, 2.45) is 5.92 Å². The fourth-order valence-corrected chi connectivity index (χ4v) is 6.63. The zero-order valence-electron chi connectivity index (χ0n) is 21.1. The van der Waals surface area contributed by atoms with Crippen LogP contribution >= 0.6 is 11.3 Å². The van der Waals surface area contributed by atoms with Gasteiger partial charge in [-0.15, -0.1) is 11.3 Å². The molecule has 198 valence electrons. The molecule has 0 radical (unpaired) electrons. The van der Waals surface area contributed by atoms with E-state index in [2.05, 4.69) is 19.2 Å². The quantitative estimate of drug-likeness (QED) is 0.267. The van der Waals surface area contributed by atoms with Crippen molar-refractivity contribution in [3.63, 3.8) is 0 Å². The van der Waals surface area contributed by atoms with Gasteiger partial charge in [-0.25, -0.2) is 9.59 Å². The first-order chi connectivity index (χ1) is 18.8. The van der Waals surface area contributed by atoms with E-state index in [1.165, 1.54) is 28.4 Å². The number of carbonyl (C=O) groups is 4.